The van der Waals surface area contributed by atoms with E-state index in [0.29, 0.717) is 0 Å². The third-order valence-corrected chi connectivity index (χ3v) is 2.80. The highest BCUT2D eigenvalue weighted by molar-refractivity contribution is 5.35. The molecule has 0 saturated heterocycles. The van der Waals surface area contributed by atoms with Crippen molar-refractivity contribution in [3.63, 3.8) is 0 Å². The average molecular weight is 270 g/mol. The number of halogens is 1. The summed E-state index contributed by atoms with van der Waals surface area (Å²) in [7, 11) is 1.67. The van der Waals surface area contributed by atoms with Crippen LogP contribution in [0.25, 0.3) is 0 Å². The zero-order valence-electron chi connectivity index (χ0n) is 14.1. The highest BCUT2D eigenvalue weighted by atomic mass is 19.1. The van der Waals surface area contributed by atoms with E-state index in [1.54, 1.807) is 13.2 Å². The van der Waals surface area contributed by atoms with Gasteiger partial charge in [-0.1, -0.05) is 41.5 Å². The summed E-state index contributed by atoms with van der Waals surface area (Å²) < 4.78 is 18.9. The Bertz CT molecular complexity index is 345. The zero-order chi connectivity index (χ0) is 15.6. The maximum Gasteiger partial charge on any atom is 0.126 e. The van der Waals surface area contributed by atoms with Crippen molar-refractivity contribution in [1.82, 2.24) is 0 Å². The van der Waals surface area contributed by atoms with E-state index in [4.69, 9.17) is 4.74 Å². The lowest BCUT2D eigenvalue weighted by Gasteiger charge is -2.16. The van der Waals surface area contributed by atoms with Crippen LogP contribution in [0.15, 0.2) is 12.1 Å². The Morgan fingerprint density at radius 1 is 0.947 bits per heavy atom. The summed E-state index contributed by atoms with van der Waals surface area (Å²) in [6, 6.07) is 3.52. The molecule has 0 heterocycles. The van der Waals surface area contributed by atoms with Crippen molar-refractivity contribution >= 4 is 0 Å². The lowest BCUT2D eigenvalue weighted by Crippen LogP contribution is -2.03. The minimum atomic E-state index is -0.116. The van der Waals surface area contributed by atoms with E-state index in [2.05, 4.69) is 0 Å². The lowest BCUT2D eigenvalue weighted by molar-refractivity contribution is 0.119. The predicted molar refractivity (Wildman–Crippen MR) is 83.3 cm³/mol. The molecule has 2 heteroatoms. The summed E-state index contributed by atoms with van der Waals surface area (Å²) >= 11 is 0. The SMILES string of the molecule is CC.CC.COC(C)c1cc(C(C)C)c(F)cc1C. The highest BCUT2D eigenvalue weighted by Crippen LogP contribution is 2.27. The van der Waals surface area contributed by atoms with Gasteiger partial charge in [-0.25, -0.2) is 4.39 Å². The monoisotopic (exact) mass is 270 g/mol. The Morgan fingerprint density at radius 3 is 1.79 bits per heavy atom. The summed E-state index contributed by atoms with van der Waals surface area (Å²) in [6.07, 6.45) is 0.0168. The molecule has 1 aromatic carbocycles. The molecule has 112 valence electrons. The fraction of sp³-hybridized carbons (Fsp3) is 0.647. The molecule has 1 nitrogen and oxygen atoms in total. The van der Waals surface area contributed by atoms with Gasteiger partial charge >= 0.3 is 0 Å². The molecule has 0 spiro atoms. The van der Waals surface area contributed by atoms with Gasteiger partial charge in [0.2, 0.25) is 0 Å². The van der Waals surface area contributed by atoms with E-state index in [9.17, 15) is 4.39 Å². The average Bonchev–Trinajstić information content (AvgIpc) is 2.42. The summed E-state index contributed by atoms with van der Waals surface area (Å²) in [6.45, 7) is 15.9. The first-order valence-electron chi connectivity index (χ1n) is 7.30. The summed E-state index contributed by atoms with van der Waals surface area (Å²) in [5.74, 6) is 0.0861. The molecule has 0 fully saturated rings. The molecular formula is C17H31FO. The minimum absolute atomic E-state index is 0.0168. The van der Waals surface area contributed by atoms with Gasteiger partial charge in [0.25, 0.3) is 0 Å². The van der Waals surface area contributed by atoms with Crippen molar-refractivity contribution in [2.24, 2.45) is 0 Å². The molecule has 1 unspecified atom stereocenters. The topological polar surface area (TPSA) is 9.23 Å². The van der Waals surface area contributed by atoms with Gasteiger partial charge in [0, 0.05) is 7.11 Å². The molecule has 0 aliphatic carbocycles. The first-order chi connectivity index (χ1) is 8.97. The second-order valence-corrected chi connectivity index (χ2v) is 4.26. The molecule has 19 heavy (non-hydrogen) atoms. The van der Waals surface area contributed by atoms with Crippen LogP contribution < -0.4 is 0 Å². The van der Waals surface area contributed by atoms with Crippen LogP contribution in [-0.2, 0) is 4.74 Å². The fourth-order valence-electron chi connectivity index (χ4n) is 1.71. The standard InChI is InChI=1S/C13H19FO.2C2H6/c1-8(2)11-7-12(10(4)15-5)9(3)6-13(11)14;2*1-2/h6-8,10H,1-5H3;2*1-2H3. The molecule has 0 amide bonds. The number of hydrogen-bond acceptors (Lipinski definition) is 1. The van der Waals surface area contributed by atoms with Gasteiger partial charge in [-0.3, -0.25) is 0 Å². The number of hydrogen-bond donors (Lipinski definition) is 0. The number of ether oxygens (including phenoxy) is 1. The van der Waals surface area contributed by atoms with Gasteiger partial charge in [0.05, 0.1) is 6.10 Å². The predicted octanol–water partition coefficient (Wildman–Crippen LogP) is 6.02. The lowest BCUT2D eigenvalue weighted by atomic mass is 9.95. The zero-order valence-corrected chi connectivity index (χ0v) is 14.1. The summed E-state index contributed by atoms with van der Waals surface area (Å²) in [4.78, 5) is 0. The van der Waals surface area contributed by atoms with Crippen LogP contribution in [0.2, 0.25) is 0 Å². The number of rotatable bonds is 3. The Balaban J connectivity index is 0. The van der Waals surface area contributed by atoms with E-state index in [0.717, 1.165) is 16.7 Å². The van der Waals surface area contributed by atoms with Crippen molar-refractivity contribution in [2.75, 3.05) is 7.11 Å². The fourth-order valence-corrected chi connectivity index (χ4v) is 1.71. The Hall–Kier alpha value is -0.890. The molecule has 0 bridgehead atoms. The van der Waals surface area contributed by atoms with Crippen LogP contribution in [0.5, 0.6) is 0 Å². The van der Waals surface area contributed by atoms with E-state index < -0.39 is 0 Å². The molecular weight excluding hydrogens is 239 g/mol. The molecule has 0 aromatic heterocycles. The number of aryl methyl sites for hydroxylation is 1. The molecule has 0 radical (unpaired) electrons. The van der Waals surface area contributed by atoms with Crippen molar-refractivity contribution in [2.45, 2.75) is 67.4 Å². The molecule has 0 aliphatic rings. The third kappa shape index (κ3) is 6.20. The quantitative estimate of drug-likeness (QED) is 0.652. The Labute approximate surface area is 119 Å². The van der Waals surface area contributed by atoms with Crippen LogP contribution in [0, 0.1) is 12.7 Å². The van der Waals surface area contributed by atoms with E-state index in [1.165, 1.54) is 0 Å². The van der Waals surface area contributed by atoms with Crippen LogP contribution in [0.4, 0.5) is 4.39 Å². The van der Waals surface area contributed by atoms with E-state index in [1.807, 2.05) is 61.5 Å². The van der Waals surface area contributed by atoms with Crippen LogP contribution in [0.1, 0.15) is 77.2 Å². The summed E-state index contributed by atoms with van der Waals surface area (Å²) in [5, 5.41) is 0. The molecule has 0 aliphatic heterocycles. The maximum atomic E-state index is 13.6. The van der Waals surface area contributed by atoms with Crippen molar-refractivity contribution in [1.29, 1.82) is 0 Å². The smallest absolute Gasteiger partial charge is 0.126 e. The van der Waals surface area contributed by atoms with Gasteiger partial charge in [-0.15, -0.1) is 0 Å². The molecule has 1 rings (SSSR count). The summed E-state index contributed by atoms with van der Waals surface area (Å²) in [5.41, 5.74) is 2.79. The van der Waals surface area contributed by atoms with Crippen LogP contribution in [0.3, 0.4) is 0 Å². The van der Waals surface area contributed by atoms with Crippen LogP contribution >= 0.6 is 0 Å². The highest BCUT2D eigenvalue weighted by Gasteiger charge is 2.13. The van der Waals surface area contributed by atoms with Gasteiger partial charge < -0.3 is 4.74 Å². The second kappa shape index (κ2) is 11.0. The Kier molecular flexibility index (Phi) is 11.8. The second-order valence-electron chi connectivity index (χ2n) is 4.26. The molecule has 1 aromatic rings. The van der Waals surface area contributed by atoms with Crippen LogP contribution in [-0.4, -0.2) is 7.11 Å². The minimum Gasteiger partial charge on any atom is -0.377 e. The van der Waals surface area contributed by atoms with Gasteiger partial charge in [0.15, 0.2) is 0 Å². The number of benzene rings is 1. The van der Waals surface area contributed by atoms with Crippen molar-refractivity contribution in [3.8, 4) is 0 Å². The van der Waals surface area contributed by atoms with E-state index in [-0.39, 0.29) is 17.8 Å². The normalized spacial score (nSPS) is 11.1. The molecule has 1 atom stereocenters. The molecule has 0 saturated carbocycles. The van der Waals surface area contributed by atoms with E-state index >= 15 is 0 Å². The Morgan fingerprint density at radius 2 is 1.42 bits per heavy atom. The van der Waals surface area contributed by atoms with Gasteiger partial charge in [-0.2, -0.15) is 0 Å². The largest absolute Gasteiger partial charge is 0.377 e. The first-order valence-corrected chi connectivity index (χ1v) is 7.30. The van der Waals surface area contributed by atoms with Crippen molar-refractivity contribution < 1.29 is 9.13 Å². The first kappa shape index (κ1) is 20.4. The number of methoxy groups -OCH3 is 1. The van der Waals surface area contributed by atoms with Gasteiger partial charge in [0.1, 0.15) is 5.82 Å². The third-order valence-electron chi connectivity index (χ3n) is 2.80. The molecule has 0 N–H and O–H groups in total. The van der Waals surface area contributed by atoms with Crippen molar-refractivity contribution in [3.05, 3.63) is 34.6 Å². The maximum absolute atomic E-state index is 13.6. The van der Waals surface area contributed by atoms with Gasteiger partial charge in [-0.05, 0) is 48.6 Å².